The van der Waals surface area contributed by atoms with Gasteiger partial charge in [-0.25, -0.2) is 9.93 Å². The van der Waals surface area contributed by atoms with E-state index in [1.165, 1.54) is 0 Å². The van der Waals surface area contributed by atoms with E-state index < -0.39 is 7.82 Å². The van der Waals surface area contributed by atoms with Crippen LogP contribution in [0, 0.1) is 0 Å². The molecule has 0 aliphatic carbocycles. The van der Waals surface area contributed by atoms with Crippen molar-refractivity contribution < 1.29 is 33.2 Å². The third-order valence-electron chi connectivity index (χ3n) is 0.100. The topological polar surface area (TPSA) is 92.7 Å². The van der Waals surface area contributed by atoms with Crippen LogP contribution in [0.5, 0.6) is 0 Å². The van der Waals surface area contributed by atoms with Gasteiger partial charge in [0.1, 0.15) is 0 Å². The monoisotopic (exact) mass is 260 g/mol. The zero-order valence-electron chi connectivity index (χ0n) is 11.4. The highest BCUT2D eigenvalue weighted by Crippen LogP contribution is 2.20. The first-order chi connectivity index (χ1) is 6.56. The van der Waals surface area contributed by atoms with E-state index in [9.17, 15) is 0 Å². The Morgan fingerprint density at radius 2 is 0.938 bits per heavy atom. The molecule has 0 amide bonds. The average molecular weight is 260 g/mol. The van der Waals surface area contributed by atoms with Crippen molar-refractivity contribution in [3.05, 3.63) is 0 Å². The van der Waals surface area contributed by atoms with Crippen LogP contribution in [0.3, 0.4) is 0 Å². The number of rotatable bonds is 1. The highest BCUT2D eigenvalue weighted by atomic mass is 31.2. The van der Waals surface area contributed by atoms with Gasteiger partial charge >= 0.3 is 0 Å². The Morgan fingerprint density at radius 1 is 0.875 bits per heavy atom. The number of quaternary nitrogens is 2. The number of phosphoric acid groups is 1. The molecule has 1 N–H and O–H groups in total. The lowest BCUT2D eigenvalue weighted by molar-refractivity contribution is -0.849. The Labute approximate surface area is 98.2 Å². The van der Waals surface area contributed by atoms with Crippen molar-refractivity contribution in [3.8, 4) is 0 Å². The van der Waals surface area contributed by atoms with E-state index in [1.54, 1.807) is 0 Å². The first-order valence-corrected chi connectivity index (χ1v) is 5.95. The highest BCUT2D eigenvalue weighted by molar-refractivity contribution is 7.43. The maximum atomic E-state index is 9.00. The zero-order chi connectivity index (χ0) is 14.2. The molecule has 16 heavy (non-hydrogen) atoms. The molecular weight excluding hydrogens is 235 g/mol. The van der Waals surface area contributed by atoms with E-state index in [1.807, 2.05) is 0 Å². The predicted molar refractivity (Wildman–Crippen MR) is 59.2 cm³/mol. The van der Waals surface area contributed by atoms with Crippen LogP contribution in [0.1, 0.15) is 0 Å². The van der Waals surface area contributed by atoms with Gasteiger partial charge in [-0.05, 0) is 0 Å². The van der Waals surface area contributed by atoms with Crippen LogP contribution in [-0.2, 0) is 9.24 Å². The second kappa shape index (κ2) is 8.14. The molecule has 0 aromatic carbocycles. The van der Waals surface area contributed by atoms with Gasteiger partial charge in [0.05, 0.1) is 64.2 Å². The van der Waals surface area contributed by atoms with Gasteiger partial charge in [-0.1, -0.05) is 0 Å². The summed E-state index contributed by atoms with van der Waals surface area (Å²) >= 11 is 0. The van der Waals surface area contributed by atoms with Crippen LogP contribution in [0.15, 0.2) is 0 Å². The van der Waals surface area contributed by atoms with Gasteiger partial charge in [-0.3, -0.25) is 0 Å². The highest BCUT2D eigenvalue weighted by Gasteiger charge is 1.88. The van der Waals surface area contributed by atoms with E-state index in [0.29, 0.717) is 0 Å². The van der Waals surface area contributed by atoms with Crippen LogP contribution in [0.25, 0.3) is 0 Å². The van der Waals surface area contributed by atoms with E-state index in [-0.39, 0.29) is 0 Å². The van der Waals surface area contributed by atoms with E-state index in [4.69, 9.17) is 19.6 Å². The summed E-state index contributed by atoms with van der Waals surface area (Å²) in [7, 11) is 11.9. The van der Waals surface area contributed by atoms with Crippen LogP contribution in [0.4, 0.5) is 0 Å². The summed E-state index contributed by atoms with van der Waals surface area (Å²) in [6, 6.07) is 0. The molecule has 0 aliphatic rings. The molecule has 0 fully saturated rings. The fraction of sp³-hybridized carbons (Fsp3) is 1.00. The van der Waals surface area contributed by atoms with Crippen molar-refractivity contribution in [1.29, 1.82) is 0 Å². The second-order valence-electron chi connectivity index (χ2n) is 5.90. The fourth-order valence-electron chi connectivity index (χ4n) is 0. The van der Waals surface area contributed by atoms with Crippen LogP contribution < -0.4 is 9.79 Å². The van der Waals surface area contributed by atoms with Gasteiger partial charge in [0.15, 0.2) is 0 Å². The summed E-state index contributed by atoms with van der Waals surface area (Å²) in [6.45, 7) is 0. The van der Waals surface area contributed by atoms with E-state index >= 15 is 0 Å². The first kappa shape index (κ1) is 21.3. The molecule has 0 unspecified atom stereocenters. The Hall–Kier alpha value is -0.0100. The Bertz CT molecular complexity index is 179. The molecule has 0 aromatic rings. The van der Waals surface area contributed by atoms with Gasteiger partial charge < -0.3 is 23.3 Å². The average Bonchev–Trinajstić information content (AvgIpc) is 1.77. The minimum atomic E-state index is -5.09. The fourth-order valence-corrected chi connectivity index (χ4v) is 0. The molecule has 0 heterocycles. The summed E-state index contributed by atoms with van der Waals surface area (Å²) in [4.78, 5) is 18.0. The van der Waals surface area contributed by atoms with Crippen LogP contribution >= 0.6 is 7.82 Å². The lowest BCUT2D eigenvalue weighted by Gasteiger charge is -2.22. The molecule has 0 aliphatic heterocycles. The molecule has 0 bridgehead atoms. The summed E-state index contributed by atoms with van der Waals surface area (Å²) < 4.78 is 13.4. The Morgan fingerprint density at radius 3 is 0.938 bits per heavy atom. The van der Waals surface area contributed by atoms with Crippen LogP contribution in [-0.4, -0.2) is 70.6 Å². The maximum Gasteiger partial charge on any atom is 0.0998 e. The SMILES string of the molecule is C[N+](C)(C)C.C[N+](C)(C)C.O=P([O-])([O-])OO. The Kier molecular flexibility index (Phi) is 10.8. The maximum absolute atomic E-state index is 9.00. The molecule has 7 nitrogen and oxygen atoms in total. The summed E-state index contributed by atoms with van der Waals surface area (Å²) in [5.74, 6) is 0. The molecule has 0 radical (unpaired) electrons. The van der Waals surface area contributed by atoms with Gasteiger partial charge in [-0.2, -0.15) is 0 Å². The van der Waals surface area contributed by atoms with Crippen molar-refractivity contribution in [2.45, 2.75) is 0 Å². The largest absolute Gasteiger partial charge is 0.788 e. The van der Waals surface area contributed by atoms with E-state index in [0.717, 1.165) is 8.97 Å². The molecule has 0 spiro atoms. The standard InChI is InChI=1S/2C4H12N.H3O5P/c2*1-5(2,3)4;1-5-6(2,3)4/h2*1-4H3;1H,(H2,2,3,4)/q2*+1;/p-2. The van der Waals surface area contributed by atoms with Gasteiger partial charge in [0, 0.05) is 0 Å². The van der Waals surface area contributed by atoms with Crippen molar-refractivity contribution in [1.82, 2.24) is 0 Å². The van der Waals surface area contributed by atoms with Crippen molar-refractivity contribution in [2.75, 3.05) is 56.4 Å². The molecule has 0 rings (SSSR count). The lowest BCUT2D eigenvalue weighted by Crippen LogP contribution is -2.27. The van der Waals surface area contributed by atoms with E-state index in [2.05, 4.69) is 61.1 Å². The summed E-state index contributed by atoms with van der Waals surface area (Å²) in [5, 5.41) is 7.01. The smallest absolute Gasteiger partial charge is 0.0998 e. The van der Waals surface area contributed by atoms with Crippen molar-refractivity contribution in [2.24, 2.45) is 0 Å². The predicted octanol–water partition coefficient (Wildman–Crippen LogP) is -1.05. The summed E-state index contributed by atoms with van der Waals surface area (Å²) in [6.07, 6.45) is 0. The van der Waals surface area contributed by atoms with Gasteiger partial charge in [0.2, 0.25) is 0 Å². The minimum absolute atomic E-state index is 1.00. The summed E-state index contributed by atoms with van der Waals surface area (Å²) in [5.41, 5.74) is 0. The molecular formula is C8H25N2O5P. The van der Waals surface area contributed by atoms with Crippen molar-refractivity contribution >= 4 is 7.82 Å². The third-order valence-corrected chi connectivity index (χ3v) is 0.300. The lowest BCUT2D eigenvalue weighted by atomic mass is 10.8. The molecule has 0 saturated carbocycles. The first-order valence-electron chi connectivity index (χ1n) is 4.49. The van der Waals surface area contributed by atoms with Gasteiger partial charge in [-0.15, -0.1) is 0 Å². The number of nitrogens with zero attached hydrogens (tertiary/aromatic N) is 2. The molecule has 102 valence electrons. The molecule has 8 heteroatoms. The normalized spacial score (nSPS) is 11.9. The van der Waals surface area contributed by atoms with Crippen molar-refractivity contribution in [3.63, 3.8) is 0 Å². The number of hydrogen-bond donors (Lipinski definition) is 1. The quantitative estimate of drug-likeness (QED) is 0.281. The second-order valence-corrected chi connectivity index (χ2v) is 6.95. The zero-order valence-corrected chi connectivity index (χ0v) is 12.3. The third kappa shape index (κ3) is 264. The number of hydrogen-bond acceptors (Lipinski definition) is 5. The van der Waals surface area contributed by atoms with Gasteiger partial charge in [0.25, 0.3) is 0 Å². The van der Waals surface area contributed by atoms with Crippen LogP contribution in [0.2, 0.25) is 0 Å². The Balaban J connectivity index is -0.000000160. The molecule has 0 saturated heterocycles. The molecule has 0 aromatic heterocycles. The minimum Gasteiger partial charge on any atom is -0.788 e. The molecule has 0 atom stereocenters.